The van der Waals surface area contributed by atoms with Crippen molar-refractivity contribution in [3.8, 4) is 66.8 Å². The smallest absolute Gasteiger partial charge is 0.0726 e. The van der Waals surface area contributed by atoms with Crippen molar-refractivity contribution >= 4 is 34.1 Å². The Kier molecular flexibility index (Phi) is 14.5. The first kappa shape index (κ1) is 68.8. The van der Waals surface area contributed by atoms with E-state index in [4.69, 9.17) is 0 Å². The van der Waals surface area contributed by atoms with Gasteiger partial charge in [-0.05, 0) is 257 Å². The van der Waals surface area contributed by atoms with Gasteiger partial charge in [0.1, 0.15) is 0 Å². The number of hydrogen-bond donors (Lipinski definition) is 0. The van der Waals surface area contributed by atoms with Gasteiger partial charge in [-0.15, -0.1) is 0 Å². The van der Waals surface area contributed by atoms with E-state index in [9.17, 15) is 0 Å². The van der Waals surface area contributed by atoms with Crippen molar-refractivity contribution in [2.75, 3.05) is 9.80 Å². The maximum Gasteiger partial charge on any atom is 0.0726 e. The molecule has 2 heteroatoms. The van der Waals surface area contributed by atoms with Crippen LogP contribution in [0.1, 0.15) is 133 Å². The van der Waals surface area contributed by atoms with E-state index < -0.39 is 27.1 Å². The van der Waals surface area contributed by atoms with Crippen LogP contribution in [-0.2, 0) is 32.5 Å². The Labute approximate surface area is 702 Å². The molecular formula is C118H82N2. The van der Waals surface area contributed by atoms with Crippen LogP contribution in [0.25, 0.3) is 66.8 Å². The molecule has 0 saturated carbocycles. The van der Waals surface area contributed by atoms with Crippen molar-refractivity contribution in [2.45, 2.75) is 59.7 Å². The van der Waals surface area contributed by atoms with Crippen LogP contribution in [0.3, 0.4) is 0 Å². The van der Waals surface area contributed by atoms with E-state index in [0.29, 0.717) is 0 Å². The van der Waals surface area contributed by atoms with Crippen LogP contribution in [0, 0.1) is 0 Å². The molecule has 0 radical (unpaired) electrons. The zero-order chi connectivity index (χ0) is 79.4. The topological polar surface area (TPSA) is 6.48 Å². The molecule has 18 aromatic carbocycles. The predicted molar refractivity (Wildman–Crippen MR) is 494 cm³/mol. The minimum atomic E-state index is -0.621. The highest BCUT2D eigenvalue weighted by molar-refractivity contribution is 6.00. The molecule has 0 bridgehead atoms. The Morgan fingerprint density at radius 2 is 0.367 bits per heavy atom. The summed E-state index contributed by atoms with van der Waals surface area (Å²) < 4.78 is 0. The number of hydrogen-bond acceptors (Lipinski definition) is 2. The highest BCUT2D eigenvalue weighted by Gasteiger charge is 2.56. The van der Waals surface area contributed by atoms with Crippen molar-refractivity contribution < 1.29 is 0 Å². The van der Waals surface area contributed by atoms with Crippen LogP contribution in [0.2, 0.25) is 0 Å². The average Bonchev–Trinajstić information content (AvgIpc) is 1.51. The van der Waals surface area contributed by atoms with Crippen LogP contribution >= 0.6 is 0 Å². The van der Waals surface area contributed by atoms with Gasteiger partial charge >= 0.3 is 0 Å². The summed E-state index contributed by atoms with van der Waals surface area (Å²) in [6.07, 6.45) is 0.914. The van der Waals surface area contributed by atoms with Gasteiger partial charge in [-0.2, -0.15) is 0 Å². The number of fused-ring (bicyclic) bond motifs is 27. The number of anilines is 6. The number of nitrogens with zero attached hydrogens (tertiary/aromatic N) is 2. The van der Waals surface area contributed by atoms with Crippen LogP contribution in [0.15, 0.2) is 431 Å². The van der Waals surface area contributed by atoms with Gasteiger partial charge in [0.25, 0.3) is 0 Å². The summed E-state index contributed by atoms with van der Waals surface area (Å²) in [5.41, 5.74) is 43.6. The maximum atomic E-state index is 2.61. The molecule has 1 atom stereocenters. The third-order valence-electron chi connectivity index (χ3n) is 29.0. The Morgan fingerprint density at radius 1 is 0.158 bits per heavy atom. The van der Waals surface area contributed by atoms with Gasteiger partial charge < -0.3 is 9.80 Å². The van der Waals surface area contributed by atoms with Crippen molar-refractivity contribution in [1.29, 1.82) is 0 Å². The fourth-order valence-corrected chi connectivity index (χ4v) is 24.5. The third kappa shape index (κ3) is 8.97. The molecule has 2 nitrogen and oxygen atoms in total. The van der Waals surface area contributed by atoms with E-state index in [1.807, 2.05) is 0 Å². The summed E-state index contributed by atoms with van der Waals surface area (Å²) >= 11 is 0. The van der Waals surface area contributed by atoms with Gasteiger partial charge in [-0.25, -0.2) is 0 Å². The molecule has 7 aliphatic carbocycles. The van der Waals surface area contributed by atoms with Gasteiger partial charge in [-0.3, -0.25) is 0 Å². The molecule has 0 heterocycles. The quantitative estimate of drug-likeness (QED) is 0.127. The molecule has 0 saturated heterocycles. The zero-order valence-electron chi connectivity index (χ0n) is 67.1. The monoisotopic (exact) mass is 1530 g/mol. The highest BCUT2D eigenvalue weighted by atomic mass is 15.1. The van der Waals surface area contributed by atoms with Gasteiger partial charge in [0.05, 0.1) is 21.7 Å². The van der Waals surface area contributed by atoms with E-state index in [-0.39, 0.29) is 5.41 Å². The van der Waals surface area contributed by atoms with Crippen LogP contribution < -0.4 is 9.80 Å². The summed E-state index contributed by atoms with van der Waals surface area (Å²) in [5, 5.41) is 0. The molecule has 0 fully saturated rings. The Bertz CT molecular complexity index is 6900. The maximum absolute atomic E-state index is 2.61. The molecule has 18 aromatic rings. The standard InChI is InChI=1S/C118H82N2/c1-113(2)75-114(3,76-56-58-81(59-57-76)119(82-60-65-95-91-44-16-24-48-99(91)115(108(95)70-82,77-32-8-4-9-33-77)78-34-10-5-11-35-78)83-61-67-97-93-46-22-30-54-105(93)117(110(97)72-83)101-50-26-18-40-87(101)88-41-19-27-51-102(88)117)112-74-86(64-69-107(112)113)120(84-62-66-96-92-45-17-25-49-100(92)116(109(96)71-84,79-36-12-6-13-37-79)80-38-14-7-15-39-80)85-63-68-98-94-47-23-31-55-106(94)118(111(98)73-85)103-52-28-20-42-89(103)90-43-21-29-53-104(90)118/h4-74H,75H2,1-3H3. The second kappa shape index (κ2) is 25.3. The largest absolute Gasteiger partial charge is 0.310 e. The number of rotatable bonds is 11. The molecule has 0 aliphatic heterocycles. The van der Waals surface area contributed by atoms with Crippen LogP contribution in [-0.4, -0.2) is 0 Å². The second-order valence-corrected chi connectivity index (χ2v) is 35.1. The van der Waals surface area contributed by atoms with Crippen LogP contribution in [0.4, 0.5) is 34.1 Å². The minimum Gasteiger partial charge on any atom is -0.310 e. The molecule has 564 valence electrons. The minimum absolute atomic E-state index is 0.182. The van der Waals surface area contributed by atoms with Crippen molar-refractivity contribution in [3.05, 3.63) is 536 Å². The number of benzene rings is 18. The lowest BCUT2D eigenvalue weighted by atomic mass is 9.67. The molecule has 1 unspecified atom stereocenters. The van der Waals surface area contributed by atoms with E-state index in [0.717, 1.165) is 40.5 Å². The van der Waals surface area contributed by atoms with Crippen molar-refractivity contribution in [2.24, 2.45) is 0 Å². The summed E-state index contributed by atoms with van der Waals surface area (Å²) in [6, 6.07) is 165. The first-order valence-electron chi connectivity index (χ1n) is 42.6. The first-order valence-corrected chi connectivity index (χ1v) is 42.6. The van der Waals surface area contributed by atoms with Gasteiger partial charge in [0, 0.05) is 39.5 Å². The summed E-state index contributed by atoms with van der Waals surface area (Å²) in [6.45, 7) is 7.48. The Balaban J connectivity index is 0.690. The average molecular weight is 1530 g/mol. The van der Waals surface area contributed by atoms with Gasteiger partial charge in [0.15, 0.2) is 0 Å². The molecule has 0 N–H and O–H groups in total. The lowest BCUT2D eigenvalue weighted by molar-refractivity contribution is 0.425. The normalized spacial score (nSPS) is 16.5. The van der Waals surface area contributed by atoms with Crippen molar-refractivity contribution in [3.63, 3.8) is 0 Å². The molecule has 2 spiro atoms. The van der Waals surface area contributed by atoms with E-state index in [1.165, 1.54) is 172 Å². The summed E-state index contributed by atoms with van der Waals surface area (Å²) in [5.74, 6) is 0. The molecule has 120 heavy (non-hydrogen) atoms. The Morgan fingerprint density at radius 3 is 0.650 bits per heavy atom. The molecule has 25 rings (SSSR count). The molecule has 0 aromatic heterocycles. The summed E-state index contributed by atoms with van der Waals surface area (Å²) in [7, 11) is 0. The fraction of sp³-hybridized carbons (Fsp3) is 0.0847. The van der Waals surface area contributed by atoms with Crippen molar-refractivity contribution in [1.82, 2.24) is 0 Å². The van der Waals surface area contributed by atoms with Gasteiger partial charge in [0.2, 0.25) is 0 Å². The predicted octanol–water partition coefficient (Wildman–Crippen LogP) is 29.0. The van der Waals surface area contributed by atoms with E-state index in [2.05, 4.69) is 461 Å². The van der Waals surface area contributed by atoms with Gasteiger partial charge in [-0.1, -0.05) is 379 Å². The second-order valence-electron chi connectivity index (χ2n) is 35.1. The first-order chi connectivity index (χ1) is 59.1. The lowest BCUT2D eigenvalue weighted by Gasteiger charge is -2.35. The fourth-order valence-electron chi connectivity index (χ4n) is 24.5. The molecule has 0 amide bonds. The molecular weight excluding hydrogens is 1450 g/mol. The highest BCUT2D eigenvalue weighted by Crippen LogP contribution is 2.68. The third-order valence-corrected chi connectivity index (χ3v) is 29.0. The SMILES string of the molecule is CC1(C)CC(C)(c2ccc(N(c3ccc4c(c3)C(c3ccccc3)(c3ccccc3)c3ccccc3-4)c3ccc4c(c3)C3(c5ccccc5-c5ccccc53)c3ccccc3-4)cc2)c2cc(N(c3ccc4c(c3)C(c3ccccc3)(c3ccccc3)c3ccccc3-4)c3ccc4c(c3)C3(c5ccccc5-c5ccccc53)c3ccccc3-4)ccc21. The van der Waals surface area contributed by atoms with E-state index in [1.54, 1.807) is 0 Å². The Hall–Kier alpha value is -14.4. The lowest BCUT2D eigenvalue weighted by Crippen LogP contribution is -2.28. The molecule has 7 aliphatic rings. The van der Waals surface area contributed by atoms with Crippen LogP contribution in [0.5, 0.6) is 0 Å². The zero-order valence-corrected chi connectivity index (χ0v) is 67.1. The summed E-state index contributed by atoms with van der Waals surface area (Å²) in [4.78, 5) is 5.19. The van der Waals surface area contributed by atoms with E-state index >= 15 is 0 Å².